The summed E-state index contributed by atoms with van der Waals surface area (Å²) in [6.45, 7) is 0. The Morgan fingerprint density at radius 2 is 2.00 bits per heavy atom. The molecule has 6 heteroatoms. The van der Waals surface area contributed by atoms with Gasteiger partial charge < -0.3 is 5.32 Å². The monoisotopic (exact) mass is 268 g/mol. The van der Waals surface area contributed by atoms with Crippen LogP contribution < -0.4 is 5.32 Å². The molecule has 2 rings (SSSR count). The van der Waals surface area contributed by atoms with Crippen LogP contribution in [0.1, 0.15) is 10.4 Å². The predicted molar refractivity (Wildman–Crippen MR) is 63.6 cm³/mol. The molecule has 0 radical (unpaired) electrons. The summed E-state index contributed by atoms with van der Waals surface area (Å²) in [5.74, 6) is -2.15. The van der Waals surface area contributed by atoms with Crippen molar-refractivity contribution >= 4 is 23.3 Å². The maximum absolute atomic E-state index is 13.3. The summed E-state index contributed by atoms with van der Waals surface area (Å²) in [7, 11) is 0. The van der Waals surface area contributed by atoms with E-state index in [1.807, 2.05) is 0 Å². The molecule has 92 valence electrons. The molecule has 0 atom stereocenters. The number of anilines is 1. The van der Waals surface area contributed by atoms with Gasteiger partial charge in [0.2, 0.25) is 0 Å². The summed E-state index contributed by atoms with van der Waals surface area (Å²) >= 11 is 5.63. The van der Waals surface area contributed by atoms with Gasteiger partial charge in [-0.15, -0.1) is 0 Å². The summed E-state index contributed by atoms with van der Waals surface area (Å²) in [5, 5.41) is 2.79. The van der Waals surface area contributed by atoms with E-state index in [2.05, 4.69) is 10.3 Å². The third-order valence-electron chi connectivity index (χ3n) is 2.14. The SMILES string of the molecule is O=C(Nc1ccc(Cl)cn1)c1ccc(F)cc1F. The van der Waals surface area contributed by atoms with E-state index in [1.165, 1.54) is 18.3 Å². The Kier molecular flexibility index (Phi) is 3.53. The maximum atomic E-state index is 13.3. The number of hydrogen-bond donors (Lipinski definition) is 1. The fourth-order valence-corrected chi connectivity index (χ4v) is 1.42. The molecule has 0 bridgehead atoms. The number of hydrogen-bond acceptors (Lipinski definition) is 2. The number of halogens is 3. The molecule has 2 aromatic rings. The van der Waals surface area contributed by atoms with E-state index in [-0.39, 0.29) is 11.4 Å². The lowest BCUT2D eigenvalue weighted by atomic mass is 10.2. The second kappa shape index (κ2) is 5.10. The number of benzene rings is 1. The van der Waals surface area contributed by atoms with Crippen LogP contribution in [0.25, 0.3) is 0 Å². The predicted octanol–water partition coefficient (Wildman–Crippen LogP) is 3.27. The summed E-state index contributed by atoms with van der Waals surface area (Å²) in [6.07, 6.45) is 1.35. The van der Waals surface area contributed by atoms with Crippen molar-refractivity contribution < 1.29 is 13.6 Å². The zero-order valence-corrected chi connectivity index (χ0v) is 9.71. The van der Waals surface area contributed by atoms with Gasteiger partial charge in [-0.3, -0.25) is 4.79 Å². The molecular formula is C12H7ClF2N2O. The summed E-state index contributed by atoms with van der Waals surface area (Å²) in [5.41, 5.74) is -0.256. The lowest BCUT2D eigenvalue weighted by Gasteiger charge is -2.05. The number of amides is 1. The molecule has 1 amide bonds. The minimum Gasteiger partial charge on any atom is -0.306 e. The smallest absolute Gasteiger partial charge is 0.259 e. The Morgan fingerprint density at radius 1 is 1.22 bits per heavy atom. The second-order valence-electron chi connectivity index (χ2n) is 3.44. The molecule has 0 aliphatic heterocycles. The van der Waals surface area contributed by atoms with Crippen molar-refractivity contribution in [1.29, 1.82) is 0 Å². The van der Waals surface area contributed by atoms with Gasteiger partial charge in [-0.25, -0.2) is 13.8 Å². The fourth-order valence-electron chi connectivity index (χ4n) is 1.31. The van der Waals surface area contributed by atoms with Crippen LogP contribution in [0.2, 0.25) is 5.02 Å². The van der Waals surface area contributed by atoms with Gasteiger partial charge in [0, 0.05) is 12.3 Å². The molecule has 0 fully saturated rings. The number of nitrogens with one attached hydrogen (secondary N) is 1. The molecule has 1 N–H and O–H groups in total. The first-order valence-corrected chi connectivity index (χ1v) is 5.32. The Morgan fingerprint density at radius 3 is 2.61 bits per heavy atom. The van der Waals surface area contributed by atoms with Crippen LogP contribution in [-0.4, -0.2) is 10.9 Å². The van der Waals surface area contributed by atoms with Crippen molar-refractivity contribution in [3.05, 3.63) is 58.7 Å². The number of rotatable bonds is 2. The molecule has 0 aliphatic rings. The fraction of sp³-hybridized carbons (Fsp3) is 0. The van der Waals surface area contributed by atoms with E-state index in [0.29, 0.717) is 11.1 Å². The second-order valence-corrected chi connectivity index (χ2v) is 3.88. The molecular weight excluding hydrogens is 262 g/mol. The third-order valence-corrected chi connectivity index (χ3v) is 2.37. The quantitative estimate of drug-likeness (QED) is 0.908. The van der Waals surface area contributed by atoms with Crippen molar-refractivity contribution in [2.75, 3.05) is 5.32 Å². The van der Waals surface area contributed by atoms with Crippen LogP contribution in [0, 0.1) is 11.6 Å². The van der Waals surface area contributed by atoms with E-state index in [9.17, 15) is 13.6 Å². The average Bonchev–Trinajstić information content (AvgIpc) is 2.32. The number of nitrogens with zero attached hydrogens (tertiary/aromatic N) is 1. The van der Waals surface area contributed by atoms with Gasteiger partial charge in [0.25, 0.3) is 5.91 Å². The van der Waals surface area contributed by atoms with E-state index in [0.717, 1.165) is 12.1 Å². The normalized spacial score (nSPS) is 10.2. The van der Waals surface area contributed by atoms with Crippen LogP contribution in [0.3, 0.4) is 0 Å². The largest absolute Gasteiger partial charge is 0.306 e. The molecule has 0 saturated carbocycles. The highest BCUT2D eigenvalue weighted by atomic mass is 35.5. The van der Waals surface area contributed by atoms with Crippen molar-refractivity contribution in [3.63, 3.8) is 0 Å². The first kappa shape index (κ1) is 12.4. The Balaban J connectivity index is 2.19. The van der Waals surface area contributed by atoms with E-state index in [1.54, 1.807) is 0 Å². The third kappa shape index (κ3) is 2.81. The molecule has 3 nitrogen and oxygen atoms in total. The van der Waals surface area contributed by atoms with E-state index in [4.69, 9.17) is 11.6 Å². The Hall–Kier alpha value is -2.01. The van der Waals surface area contributed by atoms with Gasteiger partial charge in [-0.2, -0.15) is 0 Å². The summed E-state index contributed by atoms with van der Waals surface area (Å²) in [6, 6.07) is 5.72. The van der Waals surface area contributed by atoms with E-state index < -0.39 is 17.5 Å². The van der Waals surface area contributed by atoms with Gasteiger partial charge >= 0.3 is 0 Å². The number of aromatic nitrogens is 1. The maximum Gasteiger partial charge on any atom is 0.259 e. The van der Waals surface area contributed by atoms with Crippen LogP contribution in [0.5, 0.6) is 0 Å². The number of carbonyl (C=O) groups is 1. The zero-order valence-electron chi connectivity index (χ0n) is 8.95. The summed E-state index contributed by atoms with van der Waals surface area (Å²) < 4.78 is 26.0. The zero-order chi connectivity index (χ0) is 13.1. The first-order chi connectivity index (χ1) is 8.56. The van der Waals surface area contributed by atoms with Gasteiger partial charge in [-0.05, 0) is 24.3 Å². The highest BCUT2D eigenvalue weighted by Gasteiger charge is 2.12. The van der Waals surface area contributed by atoms with Crippen LogP contribution in [-0.2, 0) is 0 Å². The molecule has 18 heavy (non-hydrogen) atoms. The van der Waals surface area contributed by atoms with Crippen molar-refractivity contribution in [2.45, 2.75) is 0 Å². The Labute approximate surface area is 106 Å². The molecule has 0 saturated heterocycles. The lowest BCUT2D eigenvalue weighted by molar-refractivity contribution is 0.102. The van der Waals surface area contributed by atoms with Crippen molar-refractivity contribution in [2.24, 2.45) is 0 Å². The van der Waals surface area contributed by atoms with Gasteiger partial charge in [0.05, 0.1) is 10.6 Å². The lowest BCUT2D eigenvalue weighted by Crippen LogP contribution is -2.14. The van der Waals surface area contributed by atoms with Crippen LogP contribution in [0.4, 0.5) is 14.6 Å². The van der Waals surface area contributed by atoms with Gasteiger partial charge in [-0.1, -0.05) is 11.6 Å². The van der Waals surface area contributed by atoms with Crippen molar-refractivity contribution in [3.8, 4) is 0 Å². The molecule has 0 spiro atoms. The first-order valence-electron chi connectivity index (χ1n) is 4.94. The molecule has 0 aliphatic carbocycles. The molecule has 1 aromatic heterocycles. The highest BCUT2D eigenvalue weighted by molar-refractivity contribution is 6.30. The minimum absolute atomic E-state index is 0.230. The van der Waals surface area contributed by atoms with Crippen LogP contribution in [0.15, 0.2) is 36.5 Å². The highest BCUT2D eigenvalue weighted by Crippen LogP contribution is 2.13. The molecule has 1 aromatic carbocycles. The van der Waals surface area contributed by atoms with Gasteiger partial charge in [0.1, 0.15) is 17.5 Å². The molecule has 1 heterocycles. The standard InChI is InChI=1S/C12H7ClF2N2O/c13-7-1-4-11(16-6-7)17-12(18)9-3-2-8(14)5-10(9)15/h1-6H,(H,16,17,18). The number of carbonyl (C=O) groups excluding carboxylic acids is 1. The van der Waals surface area contributed by atoms with E-state index >= 15 is 0 Å². The van der Waals surface area contributed by atoms with Crippen LogP contribution >= 0.6 is 11.6 Å². The average molecular weight is 269 g/mol. The number of pyridine rings is 1. The van der Waals surface area contributed by atoms with Gasteiger partial charge in [0.15, 0.2) is 0 Å². The Bertz CT molecular complexity index is 587. The van der Waals surface area contributed by atoms with Crippen molar-refractivity contribution in [1.82, 2.24) is 4.98 Å². The summed E-state index contributed by atoms with van der Waals surface area (Å²) in [4.78, 5) is 15.5. The topological polar surface area (TPSA) is 42.0 Å². The minimum atomic E-state index is -0.929. The molecule has 0 unspecified atom stereocenters.